The predicted molar refractivity (Wildman–Crippen MR) is 61.8 cm³/mol. The summed E-state index contributed by atoms with van der Waals surface area (Å²) in [4.78, 5) is 2.04. The number of ether oxygens (including phenoxy) is 1. The fraction of sp³-hybridized carbons (Fsp3) is 1.00. The Kier molecular flexibility index (Phi) is 2.55. The molecule has 88 valence electrons. The first-order chi connectivity index (χ1) is 9.41. The zero-order chi connectivity index (χ0) is 14.8. The summed E-state index contributed by atoms with van der Waals surface area (Å²) in [6.07, 6.45) is 4.50. The first-order valence-electron chi connectivity index (χ1n) is 8.44. The number of rotatable bonds is 4. The molecule has 2 aliphatic rings. The molecule has 0 aliphatic carbocycles. The summed E-state index contributed by atoms with van der Waals surface area (Å²) in [5, 5.41) is 0. The summed E-state index contributed by atoms with van der Waals surface area (Å²) < 4.78 is 43.7. The Labute approximate surface area is 100 Å². The van der Waals surface area contributed by atoms with E-state index < -0.39 is 18.9 Å². The van der Waals surface area contributed by atoms with Crippen LogP contribution in [-0.4, -0.2) is 43.7 Å². The SMILES string of the molecule is [2H]C1CC(C([2H])([2H])N([2H])[2H])CCN1CC1CCCCO1. The van der Waals surface area contributed by atoms with Crippen LogP contribution in [-0.2, 0) is 4.74 Å². The highest BCUT2D eigenvalue weighted by Gasteiger charge is 2.22. The second-order valence-electron chi connectivity index (χ2n) is 4.52. The lowest BCUT2D eigenvalue weighted by Crippen LogP contribution is -2.41. The molecule has 0 saturated carbocycles. The molecule has 3 nitrogen and oxygen atoms in total. The topological polar surface area (TPSA) is 38.5 Å². The van der Waals surface area contributed by atoms with Gasteiger partial charge in [-0.15, -0.1) is 0 Å². The zero-order valence-electron chi connectivity index (χ0n) is 14.2. The lowest BCUT2D eigenvalue weighted by atomic mass is 9.96. The van der Waals surface area contributed by atoms with Crippen molar-refractivity contribution in [2.75, 3.05) is 32.7 Å². The maximum Gasteiger partial charge on any atom is 0.118 e. The number of piperidine rings is 1. The number of nitrogens with two attached hydrogens (primary N) is 1. The van der Waals surface area contributed by atoms with Crippen LogP contribution in [0.5, 0.6) is 0 Å². The van der Waals surface area contributed by atoms with E-state index in [1.165, 1.54) is 6.42 Å². The molecule has 0 bridgehead atoms. The molecule has 2 heterocycles. The molecule has 3 unspecified atom stereocenters. The van der Waals surface area contributed by atoms with E-state index in [1.54, 1.807) is 0 Å². The van der Waals surface area contributed by atoms with Gasteiger partial charge in [-0.25, -0.2) is 0 Å². The number of likely N-dealkylation sites (tertiary alicyclic amines) is 1. The Hall–Kier alpha value is -0.120. The van der Waals surface area contributed by atoms with Crippen molar-refractivity contribution < 1.29 is 11.7 Å². The van der Waals surface area contributed by atoms with E-state index in [0.717, 1.165) is 26.0 Å². The first-order valence-corrected chi connectivity index (χ1v) is 5.97. The van der Waals surface area contributed by atoms with Crippen LogP contribution in [0, 0.1) is 5.92 Å². The average Bonchev–Trinajstić information content (AvgIpc) is 2.42. The number of hydrogen-bond donors (Lipinski definition) is 1. The Balaban J connectivity index is 1.85. The molecule has 2 N–H and O–H groups in total. The summed E-state index contributed by atoms with van der Waals surface area (Å²) in [6.45, 7) is -0.248. The summed E-state index contributed by atoms with van der Waals surface area (Å²) >= 11 is 0. The van der Waals surface area contributed by atoms with Gasteiger partial charge in [-0.2, -0.15) is 0 Å². The summed E-state index contributed by atoms with van der Waals surface area (Å²) in [7, 11) is 0. The van der Waals surface area contributed by atoms with Crippen LogP contribution in [0.4, 0.5) is 0 Å². The van der Waals surface area contributed by atoms with Gasteiger partial charge in [0.2, 0.25) is 0 Å². The minimum absolute atomic E-state index is 0.143. The monoisotopic (exact) mass is 217 g/mol. The second kappa shape index (κ2) is 5.83. The molecule has 2 saturated heterocycles. The van der Waals surface area contributed by atoms with Gasteiger partial charge >= 0.3 is 0 Å². The minimum atomic E-state index is -1.98. The largest absolute Gasteiger partial charge is 0.377 e. The molecular weight excluding hydrogens is 188 g/mol. The van der Waals surface area contributed by atoms with Crippen LogP contribution in [0.3, 0.4) is 0 Å². The van der Waals surface area contributed by atoms with Crippen molar-refractivity contribution in [2.24, 2.45) is 11.6 Å². The normalized spacial score (nSPS) is 45.1. The third-order valence-corrected chi connectivity index (χ3v) is 3.31. The fourth-order valence-electron chi connectivity index (χ4n) is 2.30. The Bertz CT molecular complexity index is 312. The molecule has 15 heavy (non-hydrogen) atoms. The average molecular weight is 217 g/mol. The molecule has 0 aromatic rings. The molecule has 0 spiro atoms. The van der Waals surface area contributed by atoms with Gasteiger partial charge in [0.05, 0.1) is 6.10 Å². The van der Waals surface area contributed by atoms with Gasteiger partial charge in [-0.3, -0.25) is 0 Å². The van der Waals surface area contributed by atoms with Gasteiger partial charge in [-0.05, 0) is 57.6 Å². The molecule has 2 aliphatic heterocycles. The highest BCUT2D eigenvalue weighted by atomic mass is 16.5. The van der Waals surface area contributed by atoms with E-state index in [1.807, 2.05) is 4.90 Å². The molecular formula is C12H24N2O. The molecule has 2 rings (SSSR count). The van der Waals surface area contributed by atoms with Gasteiger partial charge in [0.25, 0.3) is 0 Å². The highest BCUT2D eigenvalue weighted by molar-refractivity contribution is 4.76. The van der Waals surface area contributed by atoms with Crippen LogP contribution in [0.1, 0.15) is 36.2 Å². The maximum absolute atomic E-state index is 8.16. The van der Waals surface area contributed by atoms with Crippen molar-refractivity contribution in [2.45, 2.75) is 38.2 Å². The van der Waals surface area contributed by atoms with E-state index >= 15 is 0 Å². The number of hydrogen-bond acceptors (Lipinski definition) is 3. The lowest BCUT2D eigenvalue weighted by Gasteiger charge is -2.34. The third kappa shape index (κ3) is 3.44. The third-order valence-electron chi connectivity index (χ3n) is 3.31. The molecule has 0 aromatic carbocycles. The smallest absolute Gasteiger partial charge is 0.118 e. The summed E-state index contributed by atoms with van der Waals surface area (Å²) in [5.41, 5.74) is 0.143. The maximum atomic E-state index is 8.16. The van der Waals surface area contributed by atoms with Crippen LogP contribution in [0.25, 0.3) is 0 Å². The van der Waals surface area contributed by atoms with Crippen molar-refractivity contribution in [1.29, 1.82) is 0 Å². The second-order valence-corrected chi connectivity index (χ2v) is 4.52. The quantitative estimate of drug-likeness (QED) is 0.769. The Morgan fingerprint density at radius 1 is 1.47 bits per heavy atom. The fourth-order valence-corrected chi connectivity index (χ4v) is 2.30. The summed E-state index contributed by atoms with van der Waals surface area (Å²) in [5.74, 6) is -0.427. The van der Waals surface area contributed by atoms with Crippen LogP contribution in [0.15, 0.2) is 0 Å². The van der Waals surface area contributed by atoms with Crippen molar-refractivity contribution in [3.63, 3.8) is 0 Å². The van der Waals surface area contributed by atoms with Crippen molar-refractivity contribution in [3.8, 4) is 0 Å². The van der Waals surface area contributed by atoms with Crippen molar-refractivity contribution in [3.05, 3.63) is 0 Å². The van der Waals surface area contributed by atoms with E-state index in [0.29, 0.717) is 19.4 Å². The number of nitrogens with zero attached hydrogens (tertiary/aromatic N) is 1. The van der Waals surface area contributed by atoms with E-state index in [2.05, 4.69) is 0 Å². The van der Waals surface area contributed by atoms with Gasteiger partial charge < -0.3 is 15.4 Å². The van der Waals surface area contributed by atoms with Gasteiger partial charge in [0.1, 0.15) is 2.82 Å². The molecule has 3 heteroatoms. The Morgan fingerprint density at radius 3 is 3.20 bits per heavy atom. The van der Waals surface area contributed by atoms with Crippen LogP contribution >= 0.6 is 0 Å². The molecule has 0 aromatic heterocycles. The van der Waals surface area contributed by atoms with Gasteiger partial charge in [0, 0.05) is 17.3 Å². The zero-order valence-corrected chi connectivity index (χ0v) is 9.19. The minimum Gasteiger partial charge on any atom is -0.377 e. The van der Waals surface area contributed by atoms with Crippen molar-refractivity contribution >= 4 is 0 Å². The molecule has 3 atom stereocenters. The Morgan fingerprint density at radius 2 is 2.47 bits per heavy atom. The summed E-state index contributed by atoms with van der Waals surface area (Å²) in [6, 6.07) is 0. The first kappa shape index (κ1) is 6.58. The predicted octanol–water partition coefficient (Wildman–Crippen LogP) is 1.23. The van der Waals surface area contributed by atoms with Crippen LogP contribution < -0.4 is 5.72 Å². The molecule has 2 fully saturated rings. The van der Waals surface area contributed by atoms with Gasteiger partial charge in [-0.1, -0.05) is 0 Å². The van der Waals surface area contributed by atoms with E-state index in [4.69, 9.17) is 11.7 Å². The van der Waals surface area contributed by atoms with Gasteiger partial charge in [0.15, 0.2) is 0 Å². The lowest BCUT2D eigenvalue weighted by molar-refractivity contribution is -0.0110. The highest BCUT2D eigenvalue weighted by Crippen LogP contribution is 2.19. The van der Waals surface area contributed by atoms with Crippen molar-refractivity contribution in [1.82, 2.24) is 4.90 Å². The molecule has 0 radical (unpaired) electrons. The van der Waals surface area contributed by atoms with Crippen LogP contribution in [0.2, 0.25) is 2.82 Å². The molecule has 0 amide bonds. The van der Waals surface area contributed by atoms with E-state index in [9.17, 15) is 0 Å². The standard InChI is InChI=1S/C12H24N2O/c13-9-11-4-6-14(7-5-11)10-12-3-1-2-8-15-12/h11-12H,1-10,13H2/i6D,9D2/hD2. The van der Waals surface area contributed by atoms with E-state index in [-0.39, 0.29) is 11.8 Å².